The zero-order valence-electron chi connectivity index (χ0n) is 12.1. The summed E-state index contributed by atoms with van der Waals surface area (Å²) in [7, 11) is 0. The van der Waals surface area contributed by atoms with E-state index in [2.05, 4.69) is 27.6 Å². The Labute approximate surface area is 124 Å². The van der Waals surface area contributed by atoms with Gasteiger partial charge in [0.25, 0.3) is 0 Å². The summed E-state index contributed by atoms with van der Waals surface area (Å²) in [5.74, 6) is 0.585. The van der Waals surface area contributed by atoms with Crippen LogP contribution in [0.1, 0.15) is 29.6 Å². The van der Waals surface area contributed by atoms with E-state index in [0.29, 0.717) is 11.9 Å². The lowest BCUT2D eigenvalue weighted by Gasteiger charge is -2.17. The van der Waals surface area contributed by atoms with E-state index >= 15 is 0 Å². The molecule has 0 amide bonds. The average molecular weight is 290 g/mol. The number of anilines is 1. The Morgan fingerprint density at radius 3 is 2.90 bits per heavy atom. The summed E-state index contributed by atoms with van der Waals surface area (Å²) in [4.78, 5) is 8.60. The second-order valence-corrected chi connectivity index (χ2v) is 5.97. The molecule has 0 saturated heterocycles. The van der Waals surface area contributed by atoms with Gasteiger partial charge in [-0.1, -0.05) is 6.92 Å². The van der Waals surface area contributed by atoms with Gasteiger partial charge in [-0.05, 0) is 44.0 Å². The van der Waals surface area contributed by atoms with Crippen LogP contribution in [0.3, 0.4) is 0 Å². The molecule has 2 heterocycles. The first-order valence-corrected chi connectivity index (χ1v) is 7.90. The molecule has 2 rings (SSSR count). The van der Waals surface area contributed by atoms with Crippen LogP contribution in [0, 0.1) is 6.92 Å². The molecule has 3 N–H and O–H groups in total. The highest BCUT2D eigenvalue weighted by Gasteiger charge is 2.12. The van der Waals surface area contributed by atoms with Gasteiger partial charge in [0, 0.05) is 29.7 Å². The molecule has 20 heavy (non-hydrogen) atoms. The van der Waals surface area contributed by atoms with E-state index in [1.54, 1.807) is 17.5 Å². The van der Waals surface area contributed by atoms with Crippen LogP contribution in [0.15, 0.2) is 23.7 Å². The third kappa shape index (κ3) is 4.58. The minimum atomic E-state index is 0.391. The van der Waals surface area contributed by atoms with Crippen LogP contribution in [0.2, 0.25) is 0 Å². The zero-order chi connectivity index (χ0) is 14.4. The van der Waals surface area contributed by atoms with Gasteiger partial charge in [-0.25, -0.2) is 9.97 Å². The van der Waals surface area contributed by atoms with E-state index < -0.39 is 0 Å². The first-order chi connectivity index (χ1) is 9.67. The molecule has 1 atom stereocenters. The maximum Gasteiger partial charge on any atom is 0.123 e. The Morgan fingerprint density at radius 2 is 2.25 bits per heavy atom. The third-order valence-electron chi connectivity index (χ3n) is 3.10. The van der Waals surface area contributed by atoms with Gasteiger partial charge in [-0.2, -0.15) is 0 Å². The maximum absolute atomic E-state index is 5.75. The highest BCUT2D eigenvalue weighted by atomic mass is 32.1. The van der Waals surface area contributed by atoms with Gasteiger partial charge < -0.3 is 11.1 Å². The lowest BCUT2D eigenvalue weighted by Crippen LogP contribution is -2.33. The van der Waals surface area contributed by atoms with Crippen LogP contribution in [0.25, 0.3) is 0 Å². The molecule has 0 aliphatic carbocycles. The minimum Gasteiger partial charge on any atom is -0.384 e. The molecule has 0 fully saturated rings. The average Bonchev–Trinajstić information content (AvgIpc) is 2.81. The minimum absolute atomic E-state index is 0.391. The van der Waals surface area contributed by atoms with E-state index in [0.717, 1.165) is 31.5 Å². The van der Waals surface area contributed by atoms with Crippen LogP contribution in [0.4, 0.5) is 5.82 Å². The smallest absolute Gasteiger partial charge is 0.123 e. The Hall–Kier alpha value is -1.46. The molecular weight excluding hydrogens is 268 g/mol. The number of aryl methyl sites for hydroxylation is 1. The number of nitrogens with one attached hydrogen (secondary N) is 1. The number of hydrogen-bond donors (Lipinski definition) is 2. The summed E-state index contributed by atoms with van der Waals surface area (Å²) >= 11 is 1.74. The number of pyridine rings is 1. The number of rotatable bonds is 7. The lowest BCUT2D eigenvalue weighted by atomic mass is 10.0. The molecule has 0 bridgehead atoms. The van der Waals surface area contributed by atoms with Crippen molar-refractivity contribution in [2.24, 2.45) is 0 Å². The molecule has 108 valence electrons. The molecule has 0 aliphatic rings. The van der Waals surface area contributed by atoms with E-state index in [1.165, 1.54) is 10.6 Å². The maximum atomic E-state index is 5.75. The van der Waals surface area contributed by atoms with Crippen molar-refractivity contribution in [3.8, 4) is 0 Å². The van der Waals surface area contributed by atoms with Gasteiger partial charge in [0.15, 0.2) is 0 Å². The first-order valence-electron chi connectivity index (χ1n) is 7.02. The van der Waals surface area contributed by atoms with Crippen LogP contribution < -0.4 is 11.1 Å². The number of aromatic nitrogens is 2. The summed E-state index contributed by atoms with van der Waals surface area (Å²) in [5, 5.41) is 6.90. The van der Waals surface area contributed by atoms with Crippen molar-refractivity contribution in [3.05, 3.63) is 40.0 Å². The summed E-state index contributed by atoms with van der Waals surface area (Å²) in [6, 6.07) is 4.37. The molecule has 5 heteroatoms. The Bertz CT molecular complexity index is 538. The fraction of sp³-hybridized carbons (Fsp3) is 0.467. The molecule has 0 spiro atoms. The van der Waals surface area contributed by atoms with Crippen molar-refractivity contribution in [2.45, 2.75) is 39.2 Å². The number of nitrogens with zero attached hydrogens (tertiary/aromatic N) is 2. The molecular formula is C15H22N4S. The van der Waals surface area contributed by atoms with Gasteiger partial charge in [0.2, 0.25) is 0 Å². The summed E-state index contributed by atoms with van der Waals surface area (Å²) < 4.78 is 0. The summed E-state index contributed by atoms with van der Waals surface area (Å²) in [6.45, 7) is 5.25. The van der Waals surface area contributed by atoms with Crippen LogP contribution in [-0.2, 0) is 12.8 Å². The molecule has 2 aromatic rings. The molecule has 4 nitrogen and oxygen atoms in total. The van der Waals surface area contributed by atoms with Crippen molar-refractivity contribution in [1.29, 1.82) is 0 Å². The number of hydrogen-bond acceptors (Lipinski definition) is 5. The standard InChI is InChI=1S/C15H22N4S/c1-3-5-17-13(9-15-19-11(2)10-20-15)7-12-4-6-18-14(16)8-12/h4,6,8,10,13,17H,3,5,7,9H2,1-2H3,(H2,16,18). The Morgan fingerprint density at radius 1 is 1.40 bits per heavy atom. The fourth-order valence-corrected chi connectivity index (χ4v) is 3.03. The van der Waals surface area contributed by atoms with Crippen molar-refractivity contribution in [1.82, 2.24) is 15.3 Å². The highest BCUT2D eigenvalue weighted by Crippen LogP contribution is 2.14. The van der Waals surface area contributed by atoms with Crippen LogP contribution >= 0.6 is 11.3 Å². The van der Waals surface area contributed by atoms with Crippen LogP contribution in [0.5, 0.6) is 0 Å². The third-order valence-corrected chi connectivity index (χ3v) is 4.09. The molecule has 0 radical (unpaired) electrons. The van der Waals surface area contributed by atoms with Gasteiger partial charge in [-0.15, -0.1) is 11.3 Å². The van der Waals surface area contributed by atoms with Crippen molar-refractivity contribution in [2.75, 3.05) is 12.3 Å². The SMILES string of the molecule is CCCNC(Cc1ccnc(N)c1)Cc1nc(C)cs1. The van der Waals surface area contributed by atoms with Crippen molar-refractivity contribution >= 4 is 17.2 Å². The number of thiazole rings is 1. The van der Waals surface area contributed by atoms with E-state index in [1.807, 2.05) is 19.1 Å². The molecule has 0 aliphatic heterocycles. The number of nitrogen functional groups attached to an aromatic ring is 1. The molecule has 0 saturated carbocycles. The zero-order valence-corrected chi connectivity index (χ0v) is 12.9. The number of nitrogens with two attached hydrogens (primary N) is 1. The second-order valence-electron chi connectivity index (χ2n) is 5.03. The van der Waals surface area contributed by atoms with Gasteiger partial charge >= 0.3 is 0 Å². The second kappa shape index (κ2) is 7.36. The summed E-state index contributed by atoms with van der Waals surface area (Å²) in [6.07, 6.45) is 4.81. The Kier molecular flexibility index (Phi) is 5.49. The molecule has 1 unspecified atom stereocenters. The first kappa shape index (κ1) is 14.9. The van der Waals surface area contributed by atoms with Crippen LogP contribution in [-0.4, -0.2) is 22.6 Å². The topological polar surface area (TPSA) is 63.8 Å². The fourth-order valence-electron chi connectivity index (χ4n) is 2.18. The van der Waals surface area contributed by atoms with Gasteiger partial charge in [0.05, 0.1) is 5.01 Å². The Balaban J connectivity index is 2.02. The summed E-state index contributed by atoms with van der Waals surface area (Å²) in [5.41, 5.74) is 8.07. The van der Waals surface area contributed by atoms with Crippen molar-refractivity contribution in [3.63, 3.8) is 0 Å². The molecule has 2 aromatic heterocycles. The van der Waals surface area contributed by atoms with E-state index in [4.69, 9.17) is 5.73 Å². The predicted molar refractivity (Wildman–Crippen MR) is 85.0 cm³/mol. The largest absolute Gasteiger partial charge is 0.384 e. The predicted octanol–water partition coefficient (Wildman–Crippen LogP) is 2.58. The van der Waals surface area contributed by atoms with Gasteiger partial charge in [-0.3, -0.25) is 0 Å². The van der Waals surface area contributed by atoms with Gasteiger partial charge in [0.1, 0.15) is 5.82 Å². The highest BCUT2D eigenvalue weighted by molar-refractivity contribution is 7.09. The van der Waals surface area contributed by atoms with Crippen molar-refractivity contribution < 1.29 is 0 Å². The molecule has 0 aromatic carbocycles. The van der Waals surface area contributed by atoms with E-state index in [9.17, 15) is 0 Å². The normalized spacial score (nSPS) is 12.5. The van der Waals surface area contributed by atoms with E-state index in [-0.39, 0.29) is 0 Å². The lowest BCUT2D eigenvalue weighted by molar-refractivity contribution is 0.503. The monoisotopic (exact) mass is 290 g/mol. The quantitative estimate of drug-likeness (QED) is 0.822.